The van der Waals surface area contributed by atoms with Gasteiger partial charge in [0.1, 0.15) is 12.4 Å². The topological polar surface area (TPSA) is 69.0 Å². The summed E-state index contributed by atoms with van der Waals surface area (Å²) in [7, 11) is 1.86. The number of benzene rings is 2. The summed E-state index contributed by atoms with van der Waals surface area (Å²) in [5.41, 5.74) is 2.91. The lowest BCUT2D eigenvalue weighted by Crippen LogP contribution is -2.15. The van der Waals surface area contributed by atoms with Crippen LogP contribution in [0.2, 0.25) is 5.02 Å². The van der Waals surface area contributed by atoms with Crippen molar-refractivity contribution < 1.29 is 9.53 Å². The van der Waals surface area contributed by atoms with Gasteiger partial charge in [0.05, 0.1) is 5.75 Å². The van der Waals surface area contributed by atoms with E-state index in [1.165, 1.54) is 17.3 Å². The van der Waals surface area contributed by atoms with Gasteiger partial charge in [0.15, 0.2) is 11.0 Å². The average Bonchev–Trinajstić information content (AvgIpc) is 3.07. The molecule has 1 N–H and O–H groups in total. The minimum atomic E-state index is -0.130. The Morgan fingerprint density at radius 2 is 1.87 bits per heavy atom. The van der Waals surface area contributed by atoms with E-state index >= 15 is 0 Å². The summed E-state index contributed by atoms with van der Waals surface area (Å²) in [5, 5.41) is 12.5. The van der Waals surface area contributed by atoms with E-state index < -0.39 is 0 Å². The fraction of sp³-hybridized carbons (Fsp3) is 0.348. The highest BCUT2D eigenvalue weighted by Crippen LogP contribution is 2.25. The summed E-state index contributed by atoms with van der Waals surface area (Å²) in [6.07, 6.45) is 0. The Hall–Kier alpha value is -2.51. The van der Waals surface area contributed by atoms with Crippen molar-refractivity contribution in [1.82, 2.24) is 14.8 Å². The standard InChI is InChI=1S/C23H27ClN4O2S/c1-15-18(24)7-6-8-19(15)25-21(29)14-31-22-27-26-20(28(22)5)13-30-17-11-9-16(10-12-17)23(2,3)4/h6-12H,13-14H2,1-5H3,(H,25,29). The van der Waals surface area contributed by atoms with Crippen molar-refractivity contribution in [3.05, 3.63) is 64.4 Å². The van der Waals surface area contributed by atoms with Crippen molar-refractivity contribution in [2.45, 2.75) is 44.9 Å². The highest BCUT2D eigenvalue weighted by molar-refractivity contribution is 7.99. The van der Waals surface area contributed by atoms with E-state index in [1.807, 2.05) is 42.8 Å². The average molecular weight is 459 g/mol. The van der Waals surface area contributed by atoms with Gasteiger partial charge >= 0.3 is 0 Å². The zero-order chi connectivity index (χ0) is 22.6. The van der Waals surface area contributed by atoms with Crippen LogP contribution in [0.15, 0.2) is 47.6 Å². The van der Waals surface area contributed by atoms with Gasteiger partial charge in [-0.25, -0.2) is 0 Å². The Kier molecular flexibility index (Phi) is 7.28. The van der Waals surface area contributed by atoms with Crippen LogP contribution in [0.5, 0.6) is 5.75 Å². The number of rotatable bonds is 7. The SMILES string of the molecule is Cc1c(Cl)cccc1NC(=O)CSc1nnc(COc2ccc(C(C)(C)C)cc2)n1C. The van der Waals surface area contributed by atoms with Crippen molar-refractivity contribution in [2.24, 2.45) is 7.05 Å². The van der Waals surface area contributed by atoms with E-state index in [-0.39, 0.29) is 17.1 Å². The molecule has 0 unspecified atom stereocenters. The molecule has 0 saturated carbocycles. The van der Waals surface area contributed by atoms with E-state index in [9.17, 15) is 4.79 Å². The van der Waals surface area contributed by atoms with Crippen LogP contribution in [0.4, 0.5) is 5.69 Å². The summed E-state index contributed by atoms with van der Waals surface area (Å²) in [6, 6.07) is 13.5. The fourth-order valence-corrected chi connectivity index (χ4v) is 3.76. The molecule has 2 aromatic carbocycles. The number of carbonyl (C=O) groups is 1. The molecular formula is C23H27ClN4O2S. The zero-order valence-electron chi connectivity index (χ0n) is 18.4. The van der Waals surface area contributed by atoms with Gasteiger partial charge in [-0.3, -0.25) is 4.79 Å². The zero-order valence-corrected chi connectivity index (χ0v) is 20.0. The van der Waals surface area contributed by atoms with Crippen LogP contribution in [0.25, 0.3) is 0 Å². The molecule has 31 heavy (non-hydrogen) atoms. The summed E-state index contributed by atoms with van der Waals surface area (Å²) in [4.78, 5) is 12.3. The third-order valence-electron chi connectivity index (χ3n) is 4.89. The first kappa shape index (κ1) is 23.2. The summed E-state index contributed by atoms with van der Waals surface area (Å²) >= 11 is 7.43. The predicted octanol–water partition coefficient (Wildman–Crippen LogP) is 5.38. The molecule has 0 atom stereocenters. The van der Waals surface area contributed by atoms with Crippen LogP contribution in [0.3, 0.4) is 0 Å². The van der Waals surface area contributed by atoms with Crippen molar-refractivity contribution in [3.8, 4) is 5.75 Å². The number of aromatic nitrogens is 3. The van der Waals surface area contributed by atoms with Gasteiger partial charge in [-0.1, -0.05) is 62.3 Å². The molecule has 0 bridgehead atoms. The quantitative estimate of drug-likeness (QED) is 0.481. The lowest BCUT2D eigenvalue weighted by atomic mass is 9.87. The third kappa shape index (κ3) is 6.02. The number of halogens is 1. The summed E-state index contributed by atoms with van der Waals surface area (Å²) in [6.45, 7) is 8.71. The van der Waals surface area contributed by atoms with Crippen molar-refractivity contribution in [1.29, 1.82) is 0 Å². The molecule has 3 rings (SSSR count). The number of carbonyl (C=O) groups excluding carboxylic acids is 1. The second kappa shape index (κ2) is 9.75. The van der Waals surface area contributed by atoms with Crippen molar-refractivity contribution in [3.63, 3.8) is 0 Å². The normalized spacial score (nSPS) is 11.4. The van der Waals surface area contributed by atoms with Gasteiger partial charge in [-0.15, -0.1) is 10.2 Å². The lowest BCUT2D eigenvalue weighted by Gasteiger charge is -2.19. The molecular weight excluding hydrogens is 432 g/mol. The van der Waals surface area contributed by atoms with Crippen LogP contribution in [-0.4, -0.2) is 26.4 Å². The van der Waals surface area contributed by atoms with Gasteiger partial charge < -0.3 is 14.6 Å². The maximum absolute atomic E-state index is 12.3. The first-order chi connectivity index (χ1) is 14.6. The number of hydrogen-bond acceptors (Lipinski definition) is 5. The molecule has 0 aliphatic heterocycles. The van der Waals surface area contributed by atoms with Crippen molar-refractivity contribution >= 4 is 35.0 Å². The van der Waals surface area contributed by atoms with E-state index in [1.54, 1.807) is 6.07 Å². The molecule has 1 aromatic heterocycles. The fourth-order valence-electron chi connectivity index (χ4n) is 2.85. The van der Waals surface area contributed by atoms with E-state index in [4.69, 9.17) is 16.3 Å². The Labute approximate surface area is 192 Å². The van der Waals surface area contributed by atoms with Crippen LogP contribution in [-0.2, 0) is 23.9 Å². The van der Waals surface area contributed by atoms with Crippen LogP contribution in [0, 0.1) is 6.92 Å². The van der Waals surface area contributed by atoms with Gasteiger partial charge in [-0.2, -0.15) is 0 Å². The number of nitrogens with zero attached hydrogens (tertiary/aromatic N) is 3. The maximum atomic E-state index is 12.3. The minimum Gasteiger partial charge on any atom is -0.486 e. The highest BCUT2D eigenvalue weighted by Gasteiger charge is 2.15. The monoisotopic (exact) mass is 458 g/mol. The Morgan fingerprint density at radius 3 is 2.55 bits per heavy atom. The molecule has 0 radical (unpaired) electrons. The van der Waals surface area contributed by atoms with E-state index in [2.05, 4.69) is 48.4 Å². The van der Waals surface area contributed by atoms with Crippen LogP contribution in [0.1, 0.15) is 37.7 Å². The molecule has 1 amide bonds. The number of amides is 1. The molecule has 8 heteroatoms. The molecule has 0 saturated heterocycles. The van der Waals surface area contributed by atoms with Crippen LogP contribution >= 0.6 is 23.4 Å². The molecule has 0 aliphatic carbocycles. The molecule has 3 aromatic rings. The lowest BCUT2D eigenvalue weighted by molar-refractivity contribution is -0.113. The third-order valence-corrected chi connectivity index (χ3v) is 6.32. The predicted molar refractivity (Wildman–Crippen MR) is 126 cm³/mol. The molecule has 0 fully saturated rings. The van der Waals surface area contributed by atoms with Crippen LogP contribution < -0.4 is 10.1 Å². The van der Waals surface area contributed by atoms with Gasteiger partial charge in [-0.05, 0) is 47.7 Å². The molecule has 0 spiro atoms. The van der Waals surface area contributed by atoms with Gasteiger partial charge in [0.25, 0.3) is 0 Å². The summed E-state index contributed by atoms with van der Waals surface area (Å²) in [5.74, 6) is 1.55. The number of anilines is 1. The van der Waals surface area contributed by atoms with E-state index in [0.717, 1.165) is 11.3 Å². The largest absolute Gasteiger partial charge is 0.486 e. The van der Waals surface area contributed by atoms with Gasteiger partial charge in [0.2, 0.25) is 5.91 Å². The molecule has 6 nitrogen and oxygen atoms in total. The Balaban J connectivity index is 1.54. The maximum Gasteiger partial charge on any atom is 0.234 e. The number of nitrogens with one attached hydrogen (secondary N) is 1. The Bertz CT molecular complexity index is 1060. The second-order valence-corrected chi connectivity index (χ2v) is 9.62. The number of ether oxygens (including phenoxy) is 1. The molecule has 1 heterocycles. The Morgan fingerprint density at radius 1 is 1.16 bits per heavy atom. The molecule has 0 aliphatic rings. The minimum absolute atomic E-state index is 0.103. The highest BCUT2D eigenvalue weighted by atomic mass is 35.5. The van der Waals surface area contributed by atoms with E-state index in [0.29, 0.717) is 28.3 Å². The first-order valence-corrected chi connectivity index (χ1v) is 11.3. The number of hydrogen-bond donors (Lipinski definition) is 1. The van der Waals surface area contributed by atoms with Crippen molar-refractivity contribution in [2.75, 3.05) is 11.1 Å². The molecule has 164 valence electrons. The first-order valence-electron chi connectivity index (χ1n) is 9.94. The second-order valence-electron chi connectivity index (χ2n) is 8.27. The van der Waals surface area contributed by atoms with Gasteiger partial charge in [0, 0.05) is 17.8 Å². The smallest absolute Gasteiger partial charge is 0.234 e. The number of thioether (sulfide) groups is 1. The summed E-state index contributed by atoms with van der Waals surface area (Å²) < 4.78 is 7.70.